The van der Waals surface area contributed by atoms with E-state index in [-0.39, 0.29) is 0 Å². The lowest BCUT2D eigenvalue weighted by Gasteiger charge is -2.10. The zero-order valence-electron chi connectivity index (χ0n) is 13.8. The molecule has 0 aliphatic carbocycles. The van der Waals surface area contributed by atoms with E-state index in [4.69, 9.17) is 4.74 Å². The zero-order valence-corrected chi connectivity index (χ0v) is 13.8. The lowest BCUT2D eigenvalue weighted by molar-refractivity contribution is 0.415. The summed E-state index contributed by atoms with van der Waals surface area (Å²) in [5.41, 5.74) is 4.25. The van der Waals surface area contributed by atoms with E-state index in [1.807, 2.05) is 71.5 Å². The van der Waals surface area contributed by atoms with Gasteiger partial charge >= 0.3 is 0 Å². The quantitative estimate of drug-likeness (QED) is 0.549. The van der Waals surface area contributed by atoms with Crippen molar-refractivity contribution >= 4 is 0 Å². The van der Waals surface area contributed by atoms with Gasteiger partial charge in [-0.05, 0) is 42.0 Å². The highest BCUT2D eigenvalue weighted by atomic mass is 16.5. The minimum atomic E-state index is 0.787. The first-order chi connectivity index (χ1) is 12.4. The summed E-state index contributed by atoms with van der Waals surface area (Å²) in [5, 5.41) is 4.60. The summed E-state index contributed by atoms with van der Waals surface area (Å²) < 4.78 is 7.16. The first kappa shape index (κ1) is 15.1. The highest BCUT2D eigenvalue weighted by molar-refractivity contribution is 5.81. The van der Waals surface area contributed by atoms with Gasteiger partial charge in [0.15, 0.2) is 5.82 Å². The van der Waals surface area contributed by atoms with Crippen LogP contribution in [0, 0.1) is 0 Å². The van der Waals surface area contributed by atoms with Gasteiger partial charge in [-0.25, -0.2) is 9.67 Å². The Balaban J connectivity index is 1.93. The normalized spacial score (nSPS) is 10.6. The number of hydrogen-bond donors (Lipinski definition) is 0. The maximum absolute atomic E-state index is 5.28. The van der Waals surface area contributed by atoms with Crippen molar-refractivity contribution in [1.82, 2.24) is 14.8 Å². The molecule has 0 aliphatic heterocycles. The van der Waals surface area contributed by atoms with Gasteiger partial charge in [0.05, 0.1) is 19.0 Å². The lowest BCUT2D eigenvalue weighted by atomic mass is 10.0. The van der Waals surface area contributed by atoms with Gasteiger partial charge < -0.3 is 4.74 Å². The van der Waals surface area contributed by atoms with E-state index in [0.29, 0.717) is 0 Å². The van der Waals surface area contributed by atoms with Crippen LogP contribution in [0.15, 0.2) is 85.2 Å². The zero-order chi connectivity index (χ0) is 17.1. The molecule has 25 heavy (non-hydrogen) atoms. The molecule has 0 aliphatic rings. The van der Waals surface area contributed by atoms with Crippen LogP contribution in [-0.2, 0) is 0 Å². The van der Waals surface area contributed by atoms with E-state index < -0.39 is 0 Å². The maximum Gasteiger partial charge on any atom is 0.153 e. The van der Waals surface area contributed by atoms with Crippen LogP contribution in [0.5, 0.6) is 5.75 Å². The fraction of sp³-hybridized carbons (Fsp3) is 0.0476. The third kappa shape index (κ3) is 2.90. The summed E-state index contributed by atoms with van der Waals surface area (Å²) in [7, 11) is 1.67. The fourth-order valence-electron chi connectivity index (χ4n) is 2.86. The van der Waals surface area contributed by atoms with Gasteiger partial charge in [0.25, 0.3) is 0 Å². The summed E-state index contributed by atoms with van der Waals surface area (Å²) in [6.45, 7) is 0. The molecule has 4 aromatic rings. The Bertz CT molecular complexity index is 904. The number of ether oxygens (including phenoxy) is 1. The monoisotopic (exact) mass is 327 g/mol. The summed E-state index contributed by atoms with van der Waals surface area (Å²) >= 11 is 0. The van der Waals surface area contributed by atoms with E-state index >= 15 is 0 Å². The number of rotatable bonds is 4. The molecule has 2 aromatic heterocycles. The number of methoxy groups -OCH3 is 1. The van der Waals surface area contributed by atoms with Crippen LogP contribution in [0.1, 0.15) is 0 Å². The SMILES string of the molecule is COc1ccc(-c2c(-c3ccccc3)cnn2-c2ccccn2)cc1. The molecular weight excluding hydrogens is 310 g/mol. The molecule has 0 fully saturated rings. The van der Waals surface area contributed by atoms with Crippen LogP contribution in [0.3, 0.4) is 0 Å². The van der Waals surface area contributed by atoms with Crippen molar-refractivity contribution in [1.29, 1.82) is 0 Å². The van der Waals surface area contributed by atoms with Gasteiger partial charge in [-0.15, -0.1) is 0 Å². The number of pyridine rings is 1. The molecule has 0 unspecified atom stereocenters. The topological polar surface area (TPSA) is 39.9 Å². The average Bonchev–Trinajstić information content (AvgIpc) is 3.14. The highest BCUT2D eigenvalue weighted by Crippen LogP contribution is 2.34. The molecule has 122 valence electrons. The molecule has 4 rings (SSSR count). The largest absolute Gasteiger partial charge is 0.497 e. The molecule has 0 bridgehead atoms. The maximum atomic E-state index is 5.28. The number of nitrogens with zero attached hydrogens (tertiary/aromatic N) is 3. The standard InChI is InChI=1S/C21H17N3O/c1-25-18-12-10-17(11-13-18)21-19(16-7-3-2-4-8-16)15-23-24(21)20-9-5-6-14-22-20/h2-15H,1H3. The van der Waals surface area contributed by atoms with Gasteiger partial charge in [0.2, 0.25) is 0 Å². The fourth-order valence-corrected chi connectivity index (χ4v) is 2.86. The van der Waals surface area contributed by atoms with Crippen LogP contribution >= 0.6 is 0 Å². The molecule has 0 radical (unpaired) electrons. The second kappa shape index (κ2) is 6.61. The minimum absolute atomic E-state index is 0.787. The van der Waals surface area contributed by atoms with Gasteiger partial charge in [0.1, 0.15) is 5.75 Å². The Morgan fingerprint density at radius 2 is 1.56 bits per heavy atom. The third-order valence-corrected chi connectivity index (χ3v) is 4.08. The third-order valence-electron chi connectivity index (χ3n) is 4.08. The molecule has 2 aromatic carbocycles. The van der Waals surface area contributed by atoms with Crippen LogP contribution in [0.2, 0.25) is 0 Å². The van der Waals surface area contributed by atoms with Crippen LogP contribution in [-0.4, -0.2) is 21.9 Å². The molecular formula is C21H17N3O. The van der Waals surface area contributed by atoms with Crippen LogP contribution in [0.25, 0.3) is 28.2 Å². The van der Waals surface area contributed by atoms with Crippen molar-refractivity contribution < 1.29 is 4.74 Å². The average molecular weight is 327 g/mol. The summed E-state index contributed by atoms with van der Waals surface area (Å²) in [6, 6.07) is 24.1. The van der Waals surface area contributed by atoms with E-state index in [9.17, 15) is 0 Å². The van der Waals surface area contributed by atoms with Gasteiger partial charge in [-0.1, -0.05) is 36.4 Å². The highest BCUT2D eigenvalue weighted by Gasteiger charge is 2.16. The molecule has 2 heterocycles. The number of hydrogen-bond acceptors (Lipinski definition) is 3. The second-order valence-electron chi connectivity index (χ2n) is 5.60. The van der Waals surface area contributed by atoms with Gasteiger partial charge in [-0.2, -0.15) is 5.10 Å². The summed E-state index contributed by atoms with van der Waals surface area (Å²) in [4.78, 5) is 4.45. The Morgan fingerprint density at radius 3 is 2.24 bits per heavy atom. The smallest absolute Gasteiger partial charge is 0.153 e. The molecule has 4 heteroatoms. The summed E-state index contributed by atoms with van der Waals surface area (Å²) in [6.07, 6.45) is 3.67. The molecule has 0 spiro atoms. The summed E-state index contributed by atoms with van der Waals surface area (Å²) in [5.74, 6) is 1.62. The Kier molecular flexibility index (Phi) is 4.01. The van der Waals surface area contributed by atoms with E-state index in [1.54, 1.807) is 13.3 Å². The molecule has 0 saturated heterocycles. The van der Waals surface area contributed by atoms with Crippen LogP contribution < -0.4 is 4.74 Å². The van der Waals surface area contributed by atoms with Crippen molar-refractivity contribution in [2.75, 3.05) is 7.11 Å². The van der Waals surface area contributed by atoms with Crippen molar-refractivity contribution in [3.8, 4) is 34.0 Å². The molecule has 4 nitrogen and oxygen atoms in total. The molecule has 0 N–H and O–H groups in total. The van der Waals surface area contributed by atoms with Crippen molar-refractivity contribution in [3.63, 3.8) is 0 Å². The first-order valence-electron chi connectivity index (χ1n) is 8.06. The Labute approximate surface area is 146 Å². The lowest BCUT2D eigenvalue weighted by Crippen LogP contribution is -2.01. The Morgan fingerprint density at radius 1 is 0.800 bits per heavy atom. The minimum Gasteiger partial charge on any atom is -0.497 e. The van der Waals surface area contributed by atoms with Crippen molar-refractivity contribution in [2.45, 2.75) is 0 Å². The number of aromatic nitrogens is 3. The first-order valence-corrected chi connectivity index (χ1v) is 8.06. The van der Waals surface area contributed by atoms with E-state index in [2.05, 4.69) is 22.2 Å². The second-order valence-corrected chi connectivity index (χ2v) is 5.60. The van der Waals surface area contributed by atoms with E-state index in [0.717, 1.165) is 34.0 Å². The molecule has 0 saturated carbocycles. The van der Waals surface area contributed by atoms with Crippen molar-refractivity contribution in [2.24, 2.45) is 0 Å². The van der Waals surface area contributed by atoms with E-state index in [1.165, 1.54) is 0 Å². The molecule has 0 atom stereocenters. The molecule has 0 amide bonds. The Hall–Kier alpha value is -3.40. The van der Waals surface area contributed by atoms with Gasteiger partial charge in [0, 0.05) is 17.3 Å². The van der Waals surface area contributed by atoms with Gasteiger partial charge in [-0.3, -0.25) is 0 Å². The van der Waals surface area contributed by atoms with Crippen molar-refractivity contribution in [3.05, 3.63) is 85.2 Å². The predicted octanol–water partition coefficient (Wildman–Crippen LogP) is 4.61. The predicted molar refractivity (Wildman–Crippen MR) is 98.8 cm³/mol. The van der Waals surface area contributed by atoms with Crippen LogP contribution in [0.4, 0.5) is 0 Å². The number of benzene rings is 2.